The van der Waals surface area contributed by atoms with Crippen molar-refractivity contribution >= 4 is 28.5 Å². The number of para-hydroxylation sites is 1. The Bertz CT molecular complexity index is 1320. The lowest BCUT2D eigenvalue weighted by atomic mass is 9.80. The van der Waals surface area contributed by atoms with Gasteiger partial charge in [0.05, 0.1) is 29.2 Å². The van der Waals surface area contributed by atoms with Crippen LogP contribution >= 0.6 is 0 Å². The van der Waals surface area contributed by atoms with Crippen molar-refractivity contribution in [3.05, 3.63) is 83.2 Å². The van der Waals surface area contributed by atoms with Gasteiger partial charge in [-0.25, -0.2) is 4.98 Å². The van der Waals surface area contributed by atoms with Crippen molar-refractivity contribution in [2.75, 3.05) is 7.05 Å². The van der Waals surface area contributed by atoms with Gasteiger partial charge in [-0.2, -0.15) is 5.10 Å². The summed E-state index contributed by atoms with van der Waals surface area (Å²) in [4.78, 5) is 20.6. The van der Waals surface area contributed by atoms with Gasteiger partial charge in [0.1, 0.15) is 5.76 Å². The molecule has 0 N–H and O–H groups in total. The molecule has 0 aliphatic heterocycles. The Morgan fingerprint density at radius 2 is 2.09 bits per heavy atom. The fraction of sp³-hybridized carbons (Fsp3) is 0.269. The number of rotatable bonds is 4. The molecule has 0 bridgehead atoms. The zero-order chi connectivity index (χ0) is 22.2. The minimum absolute atomic E-state index is 0.00940. The van der Waals surface area contributed by atoms with Gasteiger partial charge in [-0.3, -0.25) is 9.48 Å². The number of pyridine rings is 1. The van der Waals surface area contributed by atoms with E-state index in [0.29, 0.717) is 12.5 Å². The molecule has 3 aromatic heterocycles. The predicted molar refractivity (Wildman–Crippen MR) is 125 cm³/mol. The fourth-order valence-corrected chi connectivity index (χ4v) is 4.62. The monoisotopic (exact) mass is 426 g/mol. The van der Waals surface area contributed by atoms with Crippen LogP contribution in [-0.2, 0) is 20.0 Å². The molecule has 0 radical (unpaired) electrons. The number of allylic oxidation sites excluding steroid dienone is 1. The van der Waals surface area contributed by atoms with E-state index in [1.165, 1.54) is 0 Å². The van der Waals surface area contributed by atoms with E-state index in [1.54, 1.807) is 22.0 Å². The van der Waals surface area contributed by atoms with E-state index in [4.69, 9.17) is 9.40 Å². The number of hydrogen-bond acceptors (Lipinski definition) is 4. The number of aromatic nitrogens is 3. The average Bonchev–Trinajstić information content (AvgIpc) is 3.43. The van der Waals surface area contributed by atoms with Crippen molar-refractivity contribution in [2.24, 2.45) is 13.0 Å². The largest absolute Gasteiger partial charge is 0.465 e. The van der Waals surface area contributed by atoms with Crippen LogP contribution in [-0.4, -0.2) is 32.6 Å². The number of nitrogens with zero attached hydrogens (tertiary/aromatic N) is 4. The molecule has 0 saturated heterocycles. The third-order valence-corrected chi connectivity index (χ3v) is 6.02. The Kier molecular flexibility index (Phi) is 5.13. The molecular formula is C26H26N4O2. The Labute approximate surface area is 187 Å². The Morgan fingerprint density at radius 1 is 1.25 bits per heavy atom. The van der Waals surface area contributed by atoms with Gasteiger partial charge in [-0.15, -0.1) is 0 Å². The molecule has 6 nitrogen and oxygen atoms in total. The van der Waals surface area contributed by atoms with E-state index in [-0.39, 0.29) is 5.91 Å². The molecule has 6 heteroatoms. The van der Waals surface area contributed by atoms with Gasteiger partial charge in [0.15, 0.2) is 0 Å². The molecule has 1 unspecified atom stereocenters. The first-order valence-electron chi connectivity index (χ1n) is 10.9. The van der Waals surface area contributed by atoms with Crippen LogP contribution in [0, 0.1) is 5.92 Å². The van der Waals surface area contributed by atoms with Gasteiger partial charge in [0, 0.05) is 37.8 Å². The van der Waals surface area contributed by atoms with Crippen molar-refractivity contribution in [2.45, 2.75) is 26.3 Å². The first-order chi connectivity index (χ1) is 15.5. The number of carbonyl (C=O) groups is 1. The summed E-state index contributed by atoms with van der Waals surface area (Å²) >= 11 is 0. The summed E-state index contributed by atoms with van der Waals surface area (Å²) in [6.45, 7) is 2.73. The quantitative estimate of drug-likeness (QED) is 0.463. The maximum atomic E-state index is 13.8. The zero-order valence-electron chi connectivity index (χ0n) is 18.6. The first kappa shape index (κ1) is 20.2. The lowest BCUT2D eigenvalue weighted by Crippen LogP contribution is -2.29. The molecule has 162 valence electrons. The number of benzene rings is 1. The van der Waals surface area contributed by atoms with Crippen LogP contribution < -0.4 is 0 Å². The summed E-state index contributed by atoms with van der Waals surface area (Å²) in [6.07, 6.45) is 9.20. The molecule has 0 spiro atoms. The summed E-state index contributed by atoms with van der Waals surface area (Å²) in [5.74, 6) is 1.22. The smallest absolute Gasteiger partial charge is 0.254 e. The second-order valence-corrected chi connectivity index (χ2v) is 8.71. The van der Waals surface area contributed by atoms with Gasteiger partial charge in [0.25, 0.3) is 5.91 Å². The highest BCUT2D eigenvalue weighted by molar-refractivity contribution is 6.09. The van der Waals surface area contributed by atoms with Crippen molar-refractivity contribution in [1.82, 2.24) is 19.7 Å². The van der Waals surface area contributed by atoms with Crippen molar-refractivity contribution < 1.29 is 9.21 Å². The number of furan rings is 1. The van der Waals surface area contributed by atoms with Crippen LogP contribution in [0.25, 0.3) is 22.6 Å². The highest BCUT2D eigenvalue weighted by Crippen LogP contribution is 2.39. The summed E-state index contributed by atoms with van der Waals surface area (Å²) < 4.78 is 7.33. The van der Waals surface area contributed by atoms with Crippen LogP contribution in [0.15, 0.2) is 59.5 Å². The normalized spacial score (nSPS) is 17.0. The Morgan fingerprint density at radius 3 is 2.84 bits per heavy atom. The lowest BCUT2D eigenvalue weighted by molar-refractivity contribution is 0.0785. The third-order valence-electron chi connectivity index (χ3n) is 6.02. The number of fused-ring (bicyclic) bond motifs is 2. The molecule has 1 aliphatic rings. The molecule has 5 rings (SSSR count). The van der Waals surface area contributed by atoms with Crippen molar-refractivity contribution in [1.29, 1.82) is 0 Å². The highest BCUT2D eigenvalue weighted by atomic mass is 16.3. The Balaban J connectivity index is 1.65. The molecule has 1 amide bonds. The second kappa shape index (κ2) is 8.11. The van der Waals surface area contributed by atoms with E-state index in [2.05, 4.69) is 18.1 Å². The molecule has 0 saturated carbocycles. The summed E-state index contributed by atoms with van der Waals surface area (Å²) in [5.41, 5.74) is 5.66. The average molecular weight is 427 g/mol. The van der Waals surface area contributed by atoms with Crippen molar-refractivity contribution in [3.8, 4) is 0 Å². The predicted octanol–water partition coefficient (Wildman–Crippen LogP) is 4.96. The minimum Gasteiger partial charge on any atom is -0.465 e. The van der Waals surface area contributed by atoms with E-state index < -0.39 is 0 Å². The molecule has 0 fully saturated rings. The molecule has 32 heavy (non-hydrogen) atoms. The molecule has 4 aromatic rings. The summed E-state index contributed by atoms with van der Waals surface area (Å²) in [6, 6.07) is 11.8. The highest BCUT2D eigenvalue weighted by Gasteiger charge is 2.29. The second-order valence-electron chi connectivity index (χ2n) is 8.71. The fourth-order valence-electron chi connectivity index (χ4n) is 4.62. The van der Waals surface area contributed by atoms with Gasteiger partial charge in [-0.1, -0.05) is 25.1 Å². The van der Waals surface area contributed by atoms with Gasteiger partial charge >= 0.3 is 0 Å². The van der Waals surface area contributed by atoms with Crippen LogP contribution in [0.3, 0.4) is 0 Å². The molecular weight excluding hydrogens is 400 g/mol. The van der Waals surface area contributed by atoms with Crippen molar-refractivity contribution in [3.63, 3.8) is 0 Å². The zero-order valence-corrected chi connectivity index (χ0v) is 18.6. The summed E-state index contributed by atoms with van der Waals surface area (Å²) in [5, 5.41) is 5.13. The van der Waals surface area contributed by atoms with Gasteiger partial charge in [0.2, 0.25) is 0 Å². The number of aryl methyl sites for hydroxylation is 1. The lowest BCUT2D eigenvalue weighted by Gasteiger charge is -2.28. The van der Waals surface area contributed by atoms with Crippen LogP contribution in [0.1, 0.15) is 46.3 Å². The maximum absolute atomic E-state index is 13.8. The summed E-state index contributed by atoms with van der Waals surface area (Å²) in [7, 11) is 3.73. The molecule has 1 atom stereocenters. The minimum atomic E-state index is 0.00940. The van der Waals surface area contributed by atoms with Gasteiger partial charge < -0.3 is 9.32 Å². The standard InChI is InChI=1S/C26H26N4O2/c1-17-11-19(13-20-7-6-10-32-20)25-22(12-17)24(21-8-4-5-9-23(21)28-25)26(31)29(2)15-18-14-27-30(3)16-18/h4-10,13-14,16-17H,11-12,15H2,1-3H3/b19-13+. The van der Waals surface area contributed by atoms with Crippen LogP contribution in [0.2, 0.25) is 0 Å². The molecule has 3 heterocycles. The van der Waals surface area contributed by atoms with E-state index in [1.807, 2.05) is 56.7 Å². The van der Waals surface area contributed by atoms with E-state index in [0.717, 1.165) is 57.5 Å². The number of hydrogen-bond donors (Lipinski definition) is 0. The molecule has 1 aromatic carbocycles. The number of carbonyl (C=O) groups excluding carboxylic acids is 1. The van der Waals surface area contributed by atoms with E-state index >= 15 is 0 Å². The SMILES string of the molecule is CC1C/C(=C\c2ccco2)c2nc3ccccc3c(C(=O)N(C)Cc3cnn(C)c3)c2C1. The van der Waals surface area contributed by atoms with Crippen LogP contribution in [0.5, 0.6) is 0 Å². The first-order valence-corrected chi connectivity index (χ1v) is 10.9. The van der Waals surface area contributed by atoms with Gasteiger partial charge in [-0.05, 0) is 54.2 Å². The third kappa shape index (κ3) is 3.73. The maximum Gasteiger partial charge on any atom is 0.254 e. The van der Waals surface area contributed by atoms with E-state index in [9.17, 15) is 4.79 Å². The topological polar surface area (TPSA) is 64.2 Å². The Hall–Kier alpha value is -3.67. The number of amides is 1. The molecule has 1 aliphatic carbocycles. The van der Waals surface area contributed by atoms with Crippen LogP contribution in [0.4, 0.5) is 0 Å².